The van der Waals surface area contributed by atoms with Crippen LogP contribution in [0.15, 0.2) is 24.2 Å². The Kier molecular flexibility index (Phi) is 1.21. The van der Waals surface area contributed by atoms with Gasteiger partial charge in [-0.3, -0.25) is 0 Å². The normalized spacial score (nSPS) is 28.4. The Morgan fingerprint density at radius 2 is 2.29 bits per heavy atom. The average molecular weight is 244 g/mol. The van der Waals surface area contributed by atoms with E-state index in [9.17, 15) is 5.11 Å². The third kappa shape index (κ3) is 2.80. The molecule has 0 spiro atoms. The molecule has 2 rings (SSSR count). The Balaban J connectivity index is 2.59. The van der Waals surface area contributed by atoms with Crippen molar-refractivity contribution in [3.05, 3.63) is 29.8 Å². The molecule has 3 nitrogen and oxygen atoms in total. The van der Waals surface area contributed by atoms with E-state index >= 15 is 0 Å². The zero-order valence-electron chi connectivity index (χ0n) is 19.1. The molecule has 0 radical (unpaired) electrons. The zero-order chi connectivity index (χ0) is 21.0. The molecule has 17 heavy (non-hydrogen) atoms. The van der Waals surface area contributed by atoms with E-state index in [0.717, 1.165) is 13.0 Å². The van der Waals surface area contributed by atoms with Crippen LogP contribution in [0.2, 0.25) is 0 Å². The fourth-order valence-corrected chi connectivity index (χ4v) is 1.15. The second-order valence-corrected chi connectivity index (χ2v) is 3.70. The first kappa shape index (κ1) is 4.65. The second-order valence-electron chi connectivity index (χ2n) is 3.70. The minimum absolute atomic E-state index is 0.0851. The first-order valence-corrected chi connectivity index (χ1v) is 4.87. The van der Waals surface area contributed by atoms with Crippen LogP contribution in [0.1, 0.15) is 39.9 Å². The van der Waals surface area contributed by atoms with Crippen molar-refractivity contribution in [2.24, 2.45) is 5.41 Å². The van der Waals surface area contributed by atoms with E-state index in [4.69, 9.17) is 23.2 Å². The molecule has 92 valence electrons. The van der Waals surface area contributed by atoms with Crippen LogP contribution in [0.3, 0.4) is 0 Å². The molecule has 0 bridgehead atoms. The van der Waals surface area contributed by atoms with Crippen LogP contribution in [0.25, 0.3) is 6.08 Å². The Labute approximate surface area is 116 Å². The maximum Gasteiger partial charge on any atom is 0.231 e. The topological polar surface area (TPSA) is 38.7 Å². The molecular weight excluding hydrogens is 216 g/mol. The van der Waals surface area contributed by atoms with Gasteiger partial charge in [-0.2, -0.15) is 0 Å². The van der Waals surface area contributed by atoms with E-state index in [0.29, 0.717) is 6.08 Å². The van der Waals surface area contributed by atoms with E-state index in [1.54, 1.807) is 0 Å². The molecule has 0 amide bonds. The van der Waals surface area contributed by atoms with Crippen molar-refractivity contribution in [1.82, 2.24) is 0 Å². The summed E-state index contributed by atoms with van der Waals surface area (Å²) >= 11 is 0. The molecule has 1 aliphatic heterocycles. The average Bonchev–Trinajstić information content (AvgIpc) is 2.99. The second kappa shape index (κ2) is 4.41. The van der Waals surface area contributed by atoms with Gasteiger partial charge in [0.25, 0.3) is 0 Å². The van der Waals surface area contributed by atoms with E-state index in [1.807, 2.05) is 0 Å². The van der Waals surface area contributed by atoms with Gasteiger partial charge in [-0.25, -0.2) is 0 Å². The Morgan fingerprint density at radius 3 is 3.06 bits per heavy atom. The molecule has 0 saturated carbocycles. The van der Waals surface area contributed by atoms with Crippen molar-refractivity contribution in [3.8, 4) is 11.5 Å². The summed E-state index contributed by atoms with van der Waals surface area (Å²) in [6, 6.07) is -1.22. The SMILES string of the molecule is [2H]c1c([2H])c2c(c([2H])c1/C=C/C([2H])(O)C(C)(C([2H])([2H])[2H])C([2H])([2H])[2H])OCO2. The molecule has 1 aliphatic rings. The number of fused-ring (bicyclic) bond motifs is 1. The standard InChI is InChI=1S/C14H18O3/c1-14(2,3)13(15)7-5-10-4-6-11-12(8-10)17-9-16-11/h4-8,13,15H,9H2,1-3H3/b7-5+/i1D3,2D3,4D,6D,8D,13D. The molecule has 0 aliphatic carbocycles. The maximum atomic E-state index is 10.4. The van der Waals surface area contributed by atoms with Gasteiger partial charge in [-0.15, -0.1) is 0 Å². The molecule has 1 aromatic carbocycles. The lowest BCUT2D eigenvalue weighted by atomic mass is 9.89. The molecule has 1 atom stereocenters. The Hall–Kier alpha value is -1.48. The van der Waals surface area contributed by atoms with Crippen LogP contribution in [0, 0.1) is 5.41 Å². The first-order valence-electron chi connectivity index (χ1n) is 9.87. The van der Waals surface area contributed by atoms with Crippen LogP contribution in [0.4, 0.5) is 0 Å². The van der Waals surface area contributed by atoms with Crippen LogP contribution < -0.4 is 9.47 Å². The van der Waals surface area contributed by atoms with Gasteiger partial charge in [0.1, 0.15) is 0 Å². The highest BCUT2D eigenvalue weighted by Gasteiger charge is 2.19. The molecule has 1 aromatic rings. The monoisotopic (exact) mass is 244 g/mol. The van der Waals surface area contributed by atoms with E-state index < -0.39 is 31.2 Å². The number of hydrogen-bond acceptors (Lipinski definition) is 3. The van der Waals surface area contributed by atoms with Crippen molar-refractivity contribution < 1.29 is 28.3 Å². The number of rotatable bonds is 2. The van der Waals surface area contributed by atoms with Crippen molar-refractivity contribution >= 4 is 6.08 Å². The van der Waals surface area contributed by atoms with Crippen molar-refractivity contribution in [3.63, 3.8) is 0 Å². The fraction of sp³-hybridized carbons (Fsp3) is 0.429. The predicted molar refractivity (Wildman–Crippen MR) is 67.1 cm³/mol. The van der Waals surface area contributed by atoms with Crippen LogP contribution in [-0.2, 0) is 0 Å². The summed E-state index contributed by atoms with van der Waals surface area (Å²) < 4.78 is 87.1. The third-order valence-corrected chi connectivity index (χ3v) is 2.09. The summed E-state index contributed by atoms with van der Waals surface area (Å²) in [6.07, 6.45) is -1.62. The first-order chi connectivity index (χ1) is 12.1. The molecule has 1 N–H and O–H groups in total. The minimum Gasteiger partial charge on any atom is -0.454 e. The minimum atomic E-state index is -3.22. The summed E-state index contributed by atoms with van der Waals surface area (Å²) in [5, 5.41) is 10.4. The van der Waals surface area contributed by atoms with Gasteiger partial charge in [-0.05, 0) is 23.1 Å². The predicted octanol–water partition coefficient (Wildman–Crippen LogP) is 2.84. The lowest BCUT2D eigenvalue weighted by Crippen LogP contribution is -2.23. The van der Waals surface area contributed by atoms with Crippen LogP contribution in [-0.4, -0.2) is 18.0 Å². The highest BCUT2D eigenvalue weighted by molar-refractivity contribution is 5.56. The number of benzene rings is 1. The summed E-state index contributed by atoms with van der Waals surface area (Å²) in [5.74, 6) is -0.184. The molecule has 0 aromatic heterocycles. The molecule has 0 saturated heterocycles. The van der Waals surface area contributed by atoms with Crippen molar-refractivity contribution in [1.29, 1.82) is 0 Å². The molecule has 1 unspecified atom stereocenters. The van der Waals surface area contributed by atoms with Gasteiger partial charge < -0.3 is 14.6 Å². The van der Waals surface area contributed by atoms with E-state index in [-0.39, 0.29) is 35.9 Å². The van der Waals surface area contributed by atoms with Gasteiger partial charge in [0.05, 0.1) is 11.6 Å². The van der Waals surface area contributed by atoms with E-state index in [1.165, 1.54) is 0 Å². The summed E-state index contributed by atoms with van der Waals surface area (Å²) in [4.78, 5) is 0. The van der Waals surface area contributed by atoms with Gasteiger partial charge in [0, 0.05) is 8.22 Å². The van der Waals surface area contributed by atoms with Crippen molar-refractivity contribution in [2.45, 2.75) is 26.7 Å². The van der Waals surface area contributed by atoms with Gasteiger partial charge in [-0.1, -0.05) is 38.8 Å². The van der Waals surface area contributed by atoms with Gasteiger partial charge in [0.2, 0.25) is 6.79 Å². The largest absolute Gasteiger partial charge is 0.454 e. The quantitative estimate of drug-likeness (QED) is 0.869. The molecule has 1 heterocycles. The third-order valence-electron chi connectivity index (χ3n) is 2.09. The molecular formula is C14H18O3. The summed E-state index contributed by atoms with van der Waals surface area (Å²) in [7, 11) is 0. The summed E-state index contributed by atoms with van der Waals surface area (Å²) in [5.41, 5.74) is -3.10. The maximum absolute atomic E-state index is 10.4. The highest BCUT2D eigenvalue weighted by atomic mass is 16.7. The van der Waals surface area contributed by atoms with Crippen LogP contribution in [0.5, 0.6) is 11.5 Å². The molecule has 0 fully saturated rings. The molecule has 3 heteroatoms. The number of hydrogen-bond donors (Lipinski definition) is 1. The highest BCUT2D eigenvalue weighted by Crippen LogP contribution is 2.33. The smallest absolute Gasteiger partial charge is 0.231 e. The summed E-state index contributed by atoms with van der Waals surface area (Å²) in [6.45, 7) is -5.92. The number of aliphatic hydroxyl groups is 1. The van der Waals surface area contributed by atoms with Gasteiger partial charge in [0.15, 0.2) is 11.5 Å². The Morgan fingerprint density at radius 1 is 1.53 bits per heavy atom. The Bertz CT molecular complexity index is 765. The lowest BCUT2D eigenvalue weighted by Gasteiger charge is -2.22. The van der Waals surface area contributed by atoms with Gasteiger partial charge >= 0.3 is 0 Å². The van der Waals surface area contributed by atoms with Crippen molar-refractivity contribution in [2.75, 3.05) is 6.79 Å². The zero-order valence-corrected chi connectivity index (χ0v) is 9.13. The lowest BCUT2D eigenvalue weighted by molar-refractivity contribution is 0.106. The van der Waals surface area contributed by atoms with Crippen LogP contribution >= 0.6 is 0 Å². The fourth-order valence-electron chi connectivity index (χ4n) is 1.15. The van der Waals surface area contributed by atoms with E-state index in [2.05, 4.69) is 0 Å². The number of ether oxygens (including phenoxy) is 2.